The average Bonchev–Trinajstić information content (AvgIpc) is 2.70. The predicted octanol–water partition coefficient (Wildman–Crippen LogP) is 2.53. The third-order valence-corrected chi connectivity index (χ3v) is 2.79. The average molecular weight is 281 g/mol. The highest BCUT2D eigenvalue weighted by atomic mass is 79.9. The number of rotatable bonds is 4. The van der Waals surface area contributed by atoms with E-state index in [1.807, 2.05) is 12.1 Å². The van der Waals surface area contributed by atoms with Gasteiger partial charge in [0.15, 0.2) is 5.89 Å². The van der Waals surface area contributed by atoms with Crippen LogP contribution in [0, 0.1) is 0 Å². The molecule has 0 bridgehead atoms. The maximum Gasteiger partial charge on any atom is 0.198 e. The number of oxazole rings is 1. The van der Waals surface area contributed by atoms with Crippen LogP contribution >= 0.6 is 15.9 Å². The molecule has 0 aliphatic carbocycles. The second kappa shape index (κ2) is 5.27. The van der Waals surface area contributed by atoms with Crippen molar-refractivity contribution in [3.63, 3.8) is 0 Å². The first-order valence-electron chi connectivity index (χ1n) is 5.16. The van der Waals surface area contributed by atoms with E-state index in [9.17, 15) is 0 Å². The minimum Gasteiger partial charge on any atom is -0.445 e. The second-order valence-corrected chi connectivity index (χ2v) is 4.48. The summed E-state index contributed by atoms with van der Waals surface area (Å²) in [5.74, 6) is 1.60. The highest BCUT2D eigenvalue weighted by Gasteiger charge is 2.04. The van der Waals surface area contributed by atoms with Crippen molar-refractivity contribution < 1.29 is 4.42 Å². The molecule has 0 unspecified atom stereocenters. The zero-order chi connectivity index (χ0) is 11.4. The topological polar surface area (TPSA) is 52.0 Å². The molecule has 0 fully saturated rings. The number of aromatic nitrogens is 1. The number of hydrogen-bond donors (Lipinski definition) is 1. The summed E-state index contributed by atoms with van der Waals surface area (Å²) in [5.41, 5.74) is 6.63. The molecule has 0 amide bonds. The van der Waals surface area contributed by atoms with Gasteiger partial charge in [-0.05, 0) is 24.2 Å². The first-order chi connectivity index (χ1) is 7.78. The van der Waals surface area contributed by atoms with Crippen LogP contribution in [-0.2, 0) is 12.8 Å². The zero-order valence-electron chi connectivity index (χ0n) is 8.82. The van der Waals surface area contributed by atoms with E-state index >= 15 is 0 Å². The monoisotopic (exact) mass is 280 g/mol. The summed E-state index contributed by atoms with van der Waals surface area (Å²) in [4.78, 5) is 4.22. The fourth-order valence-corrected chi connectivity index (χ4v) is 1.73. The molecule has 3 nitrogen and oxygen atoms in total. The minimum absolute atomic E-state index is 0.590. The van der Waals surface area contributed by atoms with E-state index in [0.29, 0.717) is 6.54 Å². The number of nitrogens with zero attached hydrogens (tertiary/aromatic N) is 1. The molecular weight excluding hydrogens is 268 g/mol. The van der Waals surface area contributed by atoms with Crippen LogP contribution in [0.25, 0.3) is 0 Å². The van der Waals surface area contributed by atoms with Crippen molar-refractivity contribution in [2.24, 2.45) is 5.73 Å². The van der Waals surface area contributed by atoms with Gasteiger partial charge in [-0.15, -0.1) is 0 Å². The third kappa shape index (κ3) is 2.93. The van der Waals surface area contributed by atoms with Crippen LogP contribution in [0.5, 0.6) is 0 Å². The molecule has 1 heterocycles. The summed E-state index contributed by atoms with van der Waals surface area (Å²) in [6.07, 6.45) is 3.21. The molecule has 2 rings (SSSR count). The standard InChI is InChI=1S/C12H13BrN2O/c13-10-3-1-9(2-4-10)7-12-15-8-11(16-12)5-6-14/h1-4,8H,5-7,14H2. The Morgan fingerprint density at radius 1 is 1.25 bits per heavy atom. The molecule has 1 aromatic carbocycles. The Bertz CT molecular complexity index is 450. The molecule has 4 heteroatoms. The van der Waals surface area contributed by atoms with Crippen LogP contribution in [0.15, 0.2) is 39.4 Å². The van der Waals surface area contributed by atoms with Crippen molar-refractivity contribution in [3.8, 4) is 0 Å². The largest absolute Gasteiger partial charge is 0.445 e. The smallest absolute Gasteiger partial charge is 0.198 e. The van der Waals surface area contributed by atoms with Crippen molar-refractivity contribution in [2.45, 2.75) is 12.8 Å². The van der Waals surface area contributed by atoms with Crippen LogP contribution in [0.1, 0.15) is 17.2 Å². The van der Waals surface area contributed by atoms with Gasteiger partial charge in [0.2, 0.25) is 0 Å². The van der Waals surface area contributed by atoms with E-state index in [-0.39, 0.29) is 0 Å². The Hall–Kier alpha value is -1.13. The van der Waals surface area contributed by atoms with Gasteiger partial charge in [0, 0.05) is 17.3 Å². The van der Waals surface area contributed by atoms with Crippen molar-refractivity contribution >= 4 is 15.9 Å². The lowest BCUT2D eigenvalue weighted by Gasteiger charge is -1.97. The van der Waals surface area contributed by atoms with Gasteiger partial charge in [0.1, 0.15) is 5.76 Å². The van der Waals surface area contributed by atoms with Gasteiger partial charge < -0.3 is 10.2 Å². The molecule has 0 saturated heterocycles. The van der Waals surface area contributed by atoms with Crippen LogP contribution in [0.2, 0.25) is 0 Å². The van der Waals surface area contributed by atoms with Crippen molar-refractivity contribution in [1.29, 1.82) is 0 Å². The Kier molecular flexibility index (Phi) is 3.74. The Balaban J connectivity index is 2.05. The third-order valence-electron chi connectivity index (χ3n) is 2.26. The summed E-state index contributed by atoms with van der Waals surface area (Å²) in [6, 6.07) is 8.13. The van der Waals surface area contributed by atoms with Gasteiger partial charge >= 0.3 is 0 Å². The zero-order valence-corrected chi connectivity index (χ0v) is 10.4. The van der Waals surface area contributed by atoms with E-state index in [0.717, 1.165) is 29.0 Å². The first-order valence-corrected chi connectivity index (χ1v) is 5.95. The summed E-state index contributed by atoms with van der Waals surface area (Å²) in [5, 5.41) is 0. The molecule has 0 saturated carbocycles. The van der Waals surface area contributed by atoms with Gasteiger partial charge in [0.05, 0.1) is 6.20 Å². The highest BCUT2D eigenvalue weighted by molar-refractivity contribution is 9.10. The van der Waals surface area contributed by atoms with Gasteiger partial charge in [-0.2, -0.15) is 0 Å². The fraction of sp³-hybridized carbons (Fsp3) is 0.250. The number of halogens is 1. The summed E-state index contributed by atoms with van der Waals surface area (Å²) >= 11 is 3.40. The molecule has 0 atom stereocenters. The number of benzene rings is 1. The lowest BCUT2D eigenvalue weighted by Crippen LogP contribution is -2.01. The minimum atomic E-state index is 0.590. The Labute approximate surface area is 103 Å². The summed E-state index contributed by atoms with van der Waals surface area (Å²) in [7, 11) is 0. The molecule has 1 aromatic heterocycles. The van der Waals surface area contributed by atoms with E-state index in [1.54, 1.807) is 6.20 Å². The van der Waals surface area contributed by atoms with Crippen LogP contribution in [-0.4, -0.2) is 11.5 Å². The van der Waals surface area contributed by atoms with Gasteiger partial charge in [0.25, 0.3) is 0 Å². The lowest BCUT2D eigenvalue weighted by atomic mass is 10.1. The summed E-state index contributed by atoms with van der Waals surface area (Å²) < 4.78 is 6.63. The van der Waals surface area contributed by atoms with Crippen LogP contribution in [0.3, 0.4) is 0 Å². The highest BCUT2D eigenvalue weighted by Crippen LogP contribution is 2.14. The van der Waals surface area contributed by atoms with Crippen molar-refractivity contribution in [3.05, 3.63) is 52.1 Å². The van der Waals surface area contributed by atoms with E-state index in [4.69, 9.17) is 10.2 Å². The molecule has 0 aliphatic heterocycles. The lowest BCUT2D eigenvalue weighted by molar-refractivity contribution is 0.464. The first kappa shape index (κ1) is 11.4. The fourth-order valence-electron chi connectivity index (χ4n) is 1.46. The van der Waals surface area contributed by atoms with E-state index in [2.05, 4.69) is 33.0 Å². The van der Waals surface area contributed by atoms with Gasteiger partial charge in [-0.25, -0.2) is 4.98 Å². The van der Waals surface area contributed by atoms with Crippen LogP contribution in [0.4, 0.5) is 0 Å². The van der Waals surface area contributed by atoms with Crippen molar-refractivity contribution in [2.75, 3.05) is 6.54 Å². The van der Waals surface area contributed by atoms with Gasteiger partial charge in [-0.3, -0.25) is 0 Å². The second-order valence-electron chi connectivity index (χ2n) is 3.56. The maximum atomic E-state index is 5.56. The maximum absolute atomic E-state index is 5.56. The molecule has 84 valence electrons. The Morgan fingerprint density at radius 2 is 2.00 bits per heavy atom. The normalized spacial score (nSPS) is 10.6. The molecule has 0 spiro atoms. The molecule has 16 heavy (non-hydrogen) atoms. The van der Waals surface area contributed by atoms with Crippen LogP contribution < -0.4 is 5.73 Å². The Morgan fingerprint density at radius 3 is 2.69 bits per heavy atom. The van der Waals surface area contributed by atoms with E-state index in [1.165, 1.54) is 5.56 Å². The quantitative estimate of drug-likeness (QED) is 0.936. The number of hydrogen-bond acceptors (Lipinski definition) is 3. The number of nitrogens with two attached hydrogens (primary N) is 1. The molecular formula is C12H13BrN2O. The molecule has 2 aromatic rings. The SMILES string of the molecule is NCCc1cnc(Cc2ccc(Br)cc2)o1. The molecule has 0 aliphatic rings. The molecule has 2 N–H and O–H groups in total. The predicted molar refractivity (Wildman–Crippen MR) is 66.2 cm³/mol. The summed E-state index contributed by atoms with van der Waals surface area (Å²) in [6.45, 7) is 0.590. The molecule has 0 radical (unpaired) electrons. The van der Waals surface area contributed by atoms with Crippen molar-refractivity contribution in [1.82, 2.24) is 4.98 Å². The van der Waals surface area contributed by atoms with Gasteiger partial charge in [-0.1, -0.05) is 28.1 Å². The van der Waals surface area contributed by atoms with E-state index < -0.39 is 0 Å².